The van der Waals surface area contributed by atoms with E-state index >= 15 is 0 Å². The smallest absolute Gasteiger partial charge is 0.410 e. The first kappa shape index (κ1) is 21.2. The number of hydrogen-bond acceptors (Lipinski definition) is 4. The van der Waals surface area contributed by atoms with Gasteiger partial charge in [-0.1, -0.05) is 36.4 Å². The van der Waals surface area contributed by atoms with Crippen LogP contribution in [0.2, 0.25) is 0 Å². The van der Waals surface area contributed by atoms with Crippen LogP contribution in [0.4, 0.5) is 4.79 Å². The highest BCUT2D eigenvalue weighted by Crippen LogP contribution is 2.26. The van der Waals surface area contributed by atoms with E-state index in [4.69, 9.17) is 14.5 Å². The Labute approximate surface area is 183 Å². The van der Waals surface area contributed by atoms with Gasteiger partial charge >= 0.3 is 6.09 Å². The molecule has 31 heavy (non-hydrogen) atoms. The van der Waals surface area contributed by atoms with Crippen LogP contribution in [0.5, 0.6) is 6.01 Å². The van der Waals surface area contributed by atoms with E-state index in [1.165, 1.54) is 11.1 Å². The third-order valence-electron chi connectivity index (χ3n) is 5.59. The lowest BCUT2D eigenvalue weighted by atomic mass is 10.1. The molecule has 0 spiro atoms. The maximum atomic E-state index is 12.3. The topological polar surface area (TPSA) is 56.6 Å². The molecule has 0 saturated carbocycles. The van der Waals surface area contributed by atoms with Crippen molar-refractivity contribution >= 4 is 17.1 Å². The molecule has 0 bridgehead atoms. The predicted octanol–water partition coefficient (Wildman–Crippen LogP) is 5.03. The molecule has 1 fully saturated rings. The summed E-state index contributed by atoms with van der Waals surface area (Å²) in [5.41, 5.74) is 3.99. The largest absolute Gasteiger partial charge is 0.464 e. The van der Waals surface area contributed by atoms with Gasteiger partial charge in [-0.05, 0) is 57.4 Å². The second kappa shape index (κ2) is 8.61. The fourth-order valence-corrected chi connectivity index (χ4v) is 3.93. The molecule has 0 aliphatic carbocycles. The molecule has 1 aliphatic rings. The van der Waals surface area contributed by atoms with E-state index < -0.39 is 5.60 Å². The first-order chi connectivity index (χ1) is 14.8. The number of imidazole rings is 1. The summed E-state index contributed by atoms with van der Waals surface area (Å²) in [5, 5.41) is 0. The fraction of sp³-hybridized carbons (Fsp3) is 0.440. The number of nitrogens with zero attached hydrogens (tertiary/aromatic N) is 3. The van der Waals surface area contributed by atoms with Gasteiger partial charge in [0.25, 0.3) is 6.01 Å². The SMILES string of the molecule is Cc1ccccc1Cn1c(OC[C@H]2CCN(C(=O)OC(C)(C)C)C2)nc2ccccc21. The minimum Gasteiger partial charge on any atom is -0.464 e. The van der Waals surface area contributed by atoms with E-state index in [-0.39, 0.29) is 12.0 Å². The first-order valence-corrected chi connectivity index (χ1v) is 10.9. The van der Waals surface area contributed by atoms with E-state index in [1.54, 1.807) is 4.90 Å². The summed E-state index contributed by atoms with van der Waals surface area (Å²) in [4.78, 5) is 18.8. The van der Waals surface area contributed by atoms with Crippen molar-refractivity contribution in [2.45, 2.75) is 46.3 Å². The van der Waals surface area contributed by atoms with Crippen molar-refractivity contribution in [1.29, 1.82) is 0 Å². The van der Waals surface area contributed by atoms with Crippen molar-refractivity contribution in [2.75, 3.05) is 19.7 Å². The van der Waals surface area contributed by atoms with Gasteiger partial charge in [0.15, 0.2) is 0 Å². The molecule has 1 saturated heterocycles. The number of benzene rings is 2. The number of ether oxygens (including phenoxy) is 2. The number of para-hydroxylation sites is 2. The van der Waals surface area contributed by atoms with Crippen LogP contribution in [0.15, 0.2) is 48.5 Å². The van der Waals surface area contributed by atoms with Crippen molar-refractivity contribution in [1.82, 2.24) is 14.5 Å². The van der Waals surface area contributed by atoms with Crippen LogP contribution in [-0.2, 0) is 11.3 Å². The molecule has 2 aromatic carbocycles. The average molecular weight is 422 g/mol. The normalized spacial score (nSPS) is 16.6. The first-order valence-electron chi connectivity index (χ1n) is 10.9. The van der Waals surface area contributed by atoms with Crippen LogP contribution in [0, 0.1) is 12.8 Å². The third-order valence-corrected chi connectivity index (χ3v) is 5.59. The summed E-state index contributed by atoms with van der Waals surface area (Å²) >= 11 is 0. The molecular formula is C25H31N3O3. The summed E-state index contributed by atoms with van der Waals surface area (Å²) in [6.45, 7) is 10.4. The Kier molecular flexibility index (Phi) is 5.90. The Morgan fingerprint density at radius 2 is 1.87 bits per heavy atom. The van der Waals surface area contributed by atoms with Crippen molar-refractivity contribution in [3.05, 3.63) is 59.7 Å². The summed E-state index contributed by atoms with van der Waals surface area (Å²) in [6.07, 6.45) is 0.652. The molecule has 0 unspecified atom stereocenters. The van der Waals surface area contributed by atoms with Crippen molar-refractivity contribution in [3.63, 3.8) is 0 Å². The van der Waals surface area contributed by atoms with E-state index in [9.17, 15) is 4.79 Å². The van der Waals surface area contributed by atoms with Crippen LogP contribution >= 0.6 is 0 Å². The van der Waals surface area contributed by atoms with Gasteiger partial charge in [0.1, 0.15) is 5.60 Å². The molecule has 4 rings (SSSR count). The standard InChI is InChI=1S/C25H31N3O3/c1-18-9-5-6-10-20(18)16-28-22-12-8-7-11-21(22)26-23(28)30-17-19-13-14-27(15-19)24(29)31-25(2,3)4/h5-12,19H,13-17H2,1-4H3/t19-/m0/s1. The number of fused-ring (bicyclic) bond motifs is 1. The number of carbonyl (C=O) groups is 1. The predicted molar refractivity (Wildman–Crippen MR) is 121 cm³/mol. The molecule has 6 heteroatoms. The summed E-state index contributed by atoms with van der Waals surface area (Å²) in [5.74, 6) is 0.263. The Bertz CT molecular complexity index is 1070. The van der Waals surface area contributed by atoms with Crippen LogP contribution in [0.3, 0.4) is 0 Å². The van der Waals surface area contributed by atoms with Gasteiger partial charge in [0, 0.05) is 19.0 Å². The number of rotatable bonds is 5. The molecular weight excluding hydrogens is 390 g/mol. The monoisotopic (exact) mass is 421 g/mol. The highest BCUT2D eigenvalue weighted by atomic mass is 16.6. The number of carbonyl (C=O) groups excluding carboxylic acids is 1. The van der Waals surface area contributed by atoms with E-state index in [1.807, 2.05) is 39.0 Å². The Balaban J connectivity index is 1.47. The van der Waals surface area contributed by atoms with Crippen LogP contribution in [-0.4, -0.2) is 45.8 Å². The maximum Gasteiger partial charge on any atom is 0.410 e. The molecule has 2 heterocycles. The zero-order chi connectivity index (χ0) is 22.0. The highest BCUT2D eigenvalue weighted by Gasteiger charge is 2.30. The van der Waals surface area contributed by atoms with Crippen LogP contribution in [0.1, 0.15) is 38.3 Å². The van der Waals surface area contributed by atoms with Gasteiger partial charge in [0.2, 0.25) is 0 Å². The van der Waals surface area contributed by atoms with Gasteiger partial charge in [-0.15, -0.1) is 0 Å². The lowest BCUT2D eigenvalue weighted by Crippen LogP contribution is -2.35. The van der Waals surface area contributed by atoms with Crippen molar-refractivity contribution < 1.29 is 14.3 Å². The molecule has 164 valence electrons. The minimum absolute atomic E-state index is 0.248. The molecule has 1 aromatic heterocycles. The van der Waals surface area contributed by atoms with Gasteiger partial charge in [-0.3, -0.25) is 4.57 Å². The Hall–Kier alpha value is -3.02. The Morgan fingerprint density at radius 3 is 2.65 bits per heavy atom. The van der Waals surface area contributed by atoms with Gasteiger partial charge < -0.3 is 14.4 Å². The fourth-order valence-electron chi connectivity index (χ4n) is 3.93. The highest BCUT2D eigenvalue weighted by molar-refractivity contribution is 5.76. The molecule has 1 amide bonds. The number of likely N-dealkylation sites (tertiary alicyclic amines) is 1. The molecule has 3 aromatic rings. The van der Waals surface area contributed by atoms with Gasteiger partial charge in [-0.25, -0.2) is 4.79 Å². The van der Waals surface area contributed by atoms with Gasteiger partial charge in [-0.2, -0.15) is 4.98 Å². The second-order valence-corrected chi connectivity index (χ2v) is 9.29. The van der Waals surface area contributed by atoms with Gasteiger partial charge in [0.05, 0.1) is 24.2 Å². The zero-order valence-electron chi connectivity index (χ0n) is 18.8. The summed E-state index contributed by atoms with van der Waals surface area (Å²) in [6, 6.07) is 17.1. The molecule has 1 atom stereocenters. The zero-order valence-corrected chi connectivity index (χ0v) is 18.8. The third kappa shape index (κ3) is 5.01. The van der Waals surface area contributed by atoms with E-state index in [0.29, 0.717) is 32.3 Å². The second-order valence-electron chi connectivity index (χ2n) is 9.29. The quantitative estimate of drug-likeness (QED) is 0.580. The van der Waals surface area contributed by atoms with E-state index in [0.717, 1.165) is 17.5 Å². The lowest BCUT2D eigenvalue weighted by molar-refractivity contribution is 0.0284. The molecule has 0 radical (unpaired) electrons. The van der Waals surface area contributed by atoms with E-state index in [2.05, 4.69) is 41.8 Å². The molecule has 1 aliphatic heterocycles. The Morgan fingerprint density at radius 1 is 1.13 bits per heavy atom. The maximum absolute atomic E-state index is 12.3. The minimum atomic E-state index is -0.480. The number of aryl methyl sites for hydroxylation is 1. The van der Waals surface area contributed by atoms with Crippen LogP contribution in [0.25, 0.3) is 11.0 Å². The van der Waals surface area contributed by atoms with Crippen LogP contribution < -0.4 is 4.74 Å². The average Bonchev–Trinajstić information content (AvgIpc) is 3.32. The number of hydrogen-bond donors (Lipinski definition) is 0. The summed E-state index contributed by atoms with van der Waals surface area (Å²) < 4.78 is 13.9. The van der Waals surface area contributed by atoms with Crippen molar-refractivity contribution in [3.8, 4) is 6.01 Å². The molecule has 0 N–H and O–H groups in total. The summed E-state index contributed by atoms with van der Waals surface area (Å²) in [7, 11) is 0. The van der Waals surface area contributed by atoms with Crippen molar-refractivity contribution in [2.24, 2.45) is 5.92 Å². The number of aromatic nitrogens is 2. The lowest BCUT2D eigenvalue weighted by Gasteiger charge is -2.24. The molecule has 6 nitrogen and oxygen atoms in total. The number of amides is 1.